The minimum Gasteiger partial charge on any atom is -0.467 e. The highest BCUT2D eigenvalue weighted by Crippen LogP contribution is 2.28. The summed E-state index contributed by atoms with van der Waals surface area (Å²) >= 11 is 2.30. The zero-order valence-electron chi connectivity index (χ0n) is 13.8. The maximum Gasteiger partial charge on any atom is 0.321 e. The summed E-state index contributed by atoms with van der Waals surface area (Å²) in [6.07, 6.45) is 1.49. The van der Waals surface area contributed by atoms with Crippen LogP contribution in [0.5, 0.6) is 0 Å². The number of urea groups is 1. The van der Waals surface area contributed by atoms with E-state index in [4.69, 9.17) is 4.42 Å². The van der Waals surface area contributed by atoms with Crippen molar-refractivity contribution in [3.63, 3.8) is 0 Å². The van der Waals surface area contributed by atoms with Gasteiger partial charge in [0.05, 0.1) is 24.2 Å². The number of benzene rings is 1. The van der Waals surface area contributed by atoms with Gasteiger partial charge in [-0.1, -0.05) is 35.2 Å². The standard InChI is InChI=1S/C16H14FN5O3S2/c17-11-5-1-2-6-12(11)19-15-21-22-16(27-15)26-9-13(23)20-14(24)18-8-10-4-3-7-25-10/h1-7H,8-9H2,(H,19,21)(H2,18,20,23,24). The van der Waals surface area contributed by atoms with Crippen molar-refractivity contribution >= 4 is 45.9 Å². The summed E-state index contributed by atoms with van der Waals surface area (Å²) in [6.45, 7) is 0.181. The number of amides is 3. The molecule has 11 heteroatoms. The lowest BCUT2D eigenvalue weighted by Crippen LogP contribution is -2.39. The molecular formula is C16H14FN5O3S2. The highest BCUT2D eigenvalue weighted by Gasteiger charge is 2.12. The van der Waals surface area contributed by atoms with Crippen LogP contribution in [0.2, 0.25) is 0 Å². The predicted octanol–water partition coefficient (Wildman–Crippen LogP) is 3.13. The quantitative estimate of drug-likeness (QED) is 0.516. The van der Waals surface area contributed by atoms with E-state index in [1.807, 2.05) is 0 Å². The Kier molecular flexibility index (Phi) is 6.39. The predicted molar refractivity (Wildman–Crippen MR) is 99.4 cm³/mol. The van der Waals surface area contributed by atoms with Crippen molar-refractivity contribution in [2.75, 3.05) is 11.1 Å². The monoisotopic (exact) mass is 407 g/mol. The molecule has 3 aromatic rings. The van der Waals surface area contributed by atoms with Crippen molar-refractivity contribution in [2.45, 2.75) is 10.9 Å². The number of hydrogen-bond donors (Lipinski definition) is 3. The molecule has 1 aromatic carbocycles. The van der Waals surface area contributed by atoms with E-state index < -0.39 is 17.8 Å². The molecule has 3 amide bonds. The van der Waals surface area contributed by atoms with Gasteiger partial charge in [0, 0.05) is 0 Å². The van der Waals surface area contributed by atoms with Crippen LogP contribution >= 0.6 is 23.1 Å². The Morgan fingerprint density at radius 3 is 2.81 bits per heavy atom. The number of imide groups is 1. The van der Waals surface area contributed by atoms with Gasteiger partial charge in [-0.2, -0.15) is 0 Å². The number of para-hydroxylation sites is 1. The number of thioether (sulfide) groups is 1. The van der Waals surface area contributed by atoms with Crippen LogP contribution in [0, 0.1) is 5.82 Å². The average Bonchev–Trinajstić information content (AvgIpc) is 3.32. The lowest BCUT2D eigenvalue weighted by Gasteiger charge is -2.04. The van der Waals surface area contributed by atoms with Crippen molar-refractivity contribution < 1.29 is 18.4 Å². The maximum absolute atomic E-state index is 13.6. The van der Waals surface area contributed by atoms with Crippen LogP contribution in [0.15, 0.2) is 51.4 Å². The summed E-state index contributed by atoms with van der Waals surface area (Å²) in [5, 5.41) is 15.8. The molecule has 0 unspecified atom stereocenters. The molecule has 2 heterocycles. The summed E-state index contributed by atoms with van der Waals surface area (Å²) in [6, 6.07) is 9.00. The number of aromatic nitrogens is 2. The van der Waals surface area contributed by atoms with Crippen molar-refractivity contribution in [1.82, 2.24) is 20.8 Å². The molecule has 2 aromatic heterocycles. The molecule has 140 valence electrons. The fourth-order valence-corrected chi connectivity index (χ4v) is 3.48. The van der Waals surface area contributed by atoms with E-state index in [0.717, 1.165) is 11.8 Å². The summed E-state index contributed by atoms with van der Waals surface area (Å²) in [5.74, 6) is -0.309. The molecule has 0 aliphatic carbocycles. The van der Waals surface area contributed by atoms with E-state index in [0.29, 0.717) is 15.2 Å². The second-order valence-electron chi connectivity index (χ2n) is 5.08. The highest BCUT2D eigenvalue weighted by molar-refractivity contribution is 8.01. The third-order valence-corrected chi connectivity index (χ3v) is 5.08. The molecule has 27 heavy (non-hydrogen) atoms. The lowest BCUT2D eigenvalue weighted by molar-refractivity contribution is -0.117. The Labute approximate surface area is 161 Å². The molecule has 0 fully saturated rings. The third kappa shape index (κ3) is 5.79. The van der Waals surface area contributed by atoms with Gasteiger partial charge in [0.1, 0.15) is 11.6 Å². The van der Waals surface area contributed by atoms with Crippen LogP contribution in [0.1, 0.15) is 5.76 Å². The van der Waals surface area contributed by atoms with Gasteiger partial charge >= 0.3 is 6.03 Å². The number of furan rings is 1. The molecular weight excluding hydrogens is 393 g/mol. The average molecular weight is 407 g/mol. The maximum atomic E-state index is 13.6. The Morgan fingerprint density at radius 2 is 2.04 bits per heavy atom. The van der Waals surface area contributed by atoms with Crippen LogP contribution in [0.3, 0.4) is 0 Å². The molecule has 3 rings (SSSR count). The number of nitrogens with zero attached hydrogens (tertiary/aromatic N) is 2. The Morgan fingerprint density at radius 1 is 1.19 bits per heavy atom. The summed E-state index contributed by atoms with van der Waals surface area (Å²) in [5.41, 5.74) is 0.288. The molecule has 0 aliphatic rings. The van der Waals surface area contributed by atoms with E-state index in [9.17, 15) is 14.0 Å². The van der Waals surface area contributed by atoms with Crippen LogP contribution in [0.25, 0.3) is 0 Å². The largest absolute Gasteiger partial charge is 0.467 e. The van der Waals surface area contributed by atoms with Crippen LogP contribution < -0.4 is 16.0 Å². The van der Waals surface area contributed by atoms with Gasteiger partial charge in [-0.3, -0.25) is 10.1 Å². The zero-order chi connectivity index (χ0) is 19.1. The normalized spacial score (nSPS) is 10.4. The number of rotatable bonds is 7. The Bertz CT molecular complexity index is 916. The summed E-state index contributed by atoms with van der Waals surface area (Å²) in [4.78, 5) is 23.4. The van der Waals surface area contributed by atoms with E-state index in [2.05, 4.69) is 26.1 Å². The second kappa shape index (κ2) is 9.14. The first-order valence-corrected chi connectivity index (χ1v) is 9.48. The first-order valence-electron chi connectivity index (χ1n) is 7.68. The Hall–Kier alpha value is -2.92. The fourth-order valence-electron chi connectivity index (χ4n) is 1.91. The molecule has 0 saturated carbocycles. The lowest BCUT2D eigenvalue weighted by atomic mass is 10.3. The minimum atomic E-state index is -0.615. The smallest absolute Gasteiger partial charge is 0.321 e. The van der Waals surface area contributed by atoms with E-state index in [-0.39, 0.29) is 18.0 Å². The zero-order valence-corrected chi connectivity index (χ0v) is 15.4. The van der Waals surface area contributed by atoms with Gasteiger partial charge in [-0.15, -0.1) is 10.2 Å². The van der Waals surface area contributed by atoms with E-state index >= 15 is 0 Å². The van der Waals surface area contributed by atoms with Crippen molar-refractivity contribution in [3.8, 4) is 0 Å². The third-order valence-electron chi connectivity index (χ3n) is 3.10. The fraction of sp³-hybridized carbons (Fsp3) is 0.125. The number of nitrogens with one attached hydrogen (secondary N) is 3. The molecule has 0 radical (unpaired) electrons. The minimum absolute atomic E-state index is 0.0114. The van der Waals surface area contributed by atoms with Crippen molar-refractivity contribution in [2.24, 2.45) is 0 Å². The van der Waals surface area contributed by atoms with Crippen molar-refractivity contribution in [1.29, 1.82) is 0 Å². The van der Waals surface area contributed by atoms with Crippen molar-refractivity contribution in [3.05, 3.63) is 54.2 Å². The van der Waals surface area contributed by atoms with Gasteiger partial charge in [-0.25, -0.2) is 9.18 Å². The van der Waals surface area contributed by atoms with Gasteiger partial charge < -0.3 is 15.1 Å². The molecule has 0 atom stereocenters. The van der Waals surface area contributed by atoms with E-state index in [1.165, 1.54) is 23.7 Å². The number of hydrogen-bond acceptors (Lipinski definition) is 8. The SMILES string of the molecule is O=C(CSc1nnc(Nc2ccccc2F)s1)NC(=O)NCc1ccco1. The summed E-state index contributed by atoms with van der Waals surface area (Å²) in [7, 11) is 0. The number of anilines is 2. The Balaban J connectivity index is 1.42. The number of halogens is 1. The molecule has 0 bridgehead atoms. The first kappa shape index (κ1) is 18.9. The molecule has 8 nitrogen and oxygen atoms in total. The van der Waals surface area contributed by atoms with Gasteiger partial charge in [0.25, 0.3) is 0 Å². The van der Waals surface area contributed by atoms with Gasteiger partial charge in [0.2, 0.25) is 11.0 Å². The van der Waals surface area contributed by atoms with E-state index in [1.54, 1.807) is 30.3 Å². The molecule has 0 aliphatic heterocycles. The van der Waals surface area contributed by atoms with Crippen LogP contribution in [-0.2, 0) is 11.3 Å². The first-order chi connectivity index (χ1) is 13.1. The number of carbonyl (C=O) groups excluding carboxylic acids is 2. The molecule has 0 saturated heterocycles. The number of carbonyl (C=O) groups is 2. The topological polar surface area (TPSA) is 109 Å². The summed E-state index contributed by atoms with van der Waals surface area (Å²) < 4.78 is 19.2. The van der Waals surface area contributed by atoms with Crippen LogP contribution in [0.4, 0.5) is 20.0 Å². The van der Waals surface area contributed by atoms with Gasteiger partial charge in [-0.05, 0) is 24.3 Å². The molecule has 0 spiro atoms. The van der Waals surface area contributed by atoms with Gasteiger partial charge in [0.15, 0.2) is 4.34 Å². The van der Waals surface area contributed by atoms with Crippen LogP contribution in [-0.4, -0.2) is 27.9 Å². The molecule has 3 N–H and O–H groups in total. The highest BCUT2D eigenvalue weighted by atomic mass is 32.2. The second-order valence-corrected chi connectivity index (χ2v) is 7.28.